The SMILES string of the molecule is CCNC(C#N)(COc1cccc([N+](=O)[O-])c1)C1CC1. The van der Waals surface area contributed by atoms with Crippen LogP contribution in [0.4, 0.5) is 5.69 Å². The second-order valence-electron chi connectivity index (χ2n) is 4.93. The smallest absolute Gasteiger partial charge is 0.273 e. The minimum absolute atomic E-state index is 0.0140. The van der Waals surface area contributed by atoms with Crippen LogP contribution in [0.1, 0.15) is 19.8 Å². The zero-order valence-electron chi connectivity index (χ0n) is 11.3. The van der Waals surface area contributed by atoms with Crippen molar-refractivity contribution in [2.75, 3.05) is 13.2 Å². The van der Waals surface area contributed by atoms with Crippen molar-refractivity contribution < 1.29 is 9.66 Å². The van der Waals surface area contributed by atoms with Crippen LogP contribution in [0.15, 0.2) is 24.3 Å². The lowest BCUT2D eigenvalue weighted by Gasteiger charge is -2.27. The molecule has 1 aromatic carbocycles. The molecule has 1 saturated carbocycles. The summed E-state index contributed by atoms with van der Waals surface area (Å²) in [5, 5.41) is 23.4. The molecule has 20 heavy (non-hydrogen) atoms. The fraction of sp³-hybridized carbons (Fsp3) is 0.500. The van der Waals surface area contributed by atoms with Crippen molar-refractivity contribution in [2.45, 2.75) is 25.3 Å². The molecule has 0 aliphatic heterocycles. The number of non-ortho nitro benzene ring substituents is 1. The summed E-state index contributed by atoms with van der Waals surface area (Å²) in [6, 6.07) is 8.34. The van der Waals surface area contributed by atoms with Gasteiger partial charge in [0.1, 0.15) is 17.9 Å². The Morgan fingerprint density at radius 3 is 2.90 bits per heavy atom. The molecule has 1 aromatic rings. The minimum Gasteiger partial charge on any atom is -0.490 e. The number of hydrogen-bond acceptors (Lipinski definition) is 5. The highest BCUT2D eigenvalue weighted by atomic mass is 16.6. The van der Waals surface area contributed by atoms with Crippen LogP contribution in [0.25, 0.3) is 0 Å². The van der Waals surface area contributed by atoms with Crippen LogP contribution in [0, 0.1) is 27.4 Å². The van der Waals surface area contributed by atoms with Gasteiger partial charge in [-0.3, -0.25) is 15.4 Å². The number of nitro benzene ring substituents is 1. The van der Waals surface area contributed by atoms with Gasteiger partial charge < -0.3 is 4.74 Å². The highest BCUT2D eigenvalue weighted by molar-refractivity contribution is 5.38. The van der Waals surface area contributed by atoms with E-state index in [9.17, 15) is 15.4 Å². The van der Waals surface area contributed by atoms with E-state index in [2.05, 4.69) is 11.4 Å². The lowest BCUT2D eigenvalue weighted by Crippen LogP contribution is -2.50. The van der Waals surface area contributed by atoms with Gasteiger partial charge in [0.2, 0.25) is 0 Å². The fourth-order valence-electron chi connectivity index (χ4n) is 2.25. The van der Waals surface area contributed by atoms with E-state index in [0.29, 0.717) is 18.2 Å². The molecule has 0 amide bonds. The molecule has 1 aliphatic carbocycles. The predicted molar refractivity (Wildman–Crippen MR) is 73.3 cm³/mol. The van der Waals surface area contributed by atoms with Gasteiger partial charge in [-0.05, 0) is 31.4 Å². The van der Waals surface area contributed by atoms with Crippen LogP contribution in [-0.2, 0) is 0 Å². The quantitative estimate of drug-likeness (QED) is 0.609. The molecule has 0 aromatic heterocycles. The maximum Gasteiger partial charge on any atom is 0.273 e. The summed E-state index contributed by atoms with van der Waals surface area (Å²) in [5.74, 6) is 0.712. The van der Waals surface area contributed by atoms with Crippen molar-refractivity contribution in [3.8, 4) is 11.8 Å². The van der Waals surface area contributed by atoms with Gasteiger partial charge in [0.25, 0.3) is 5.69 Å². The van der Waals surface area contributed by atoms with E-state index in [1.165, 1.54) is 12.1 Å². The highest BCUT2D eigenvalue weighted by Gasteiger charge is 2.46. The van der Waals surface area contributed by atoms with Crippen LogP contribution in [0.3, 0.4) is 0 Å². The first-order valence-electron chi connectivity index (χ1n) is 6.65. The Morgan fingerprint density at radius 1 is 1.60 bits per heavy atom. The molecule has 1 fully saturated rings. The second-order valence-corrected chi connectivity index (χ2v) is 4.93. The van der Waals surface area contributed by atoms with Gasteiger partial charge in [-0.15, -0.1) is 0 Å². The third kappa shape index (κ3) is 3.06. The van der Waals surface area contributed by atoms with Crippen molar-refractivity contribution in [2.24, 2.45) is 5.92 Å². The molecule has 0 bridgehead atoms. The number of nitro groups is 1. The van der Waals surface area contributed by atoms with E-state index in [1.807, 2.05) is 6.92 Å². The molecular weight excluding hydrogens is 258 g/mol. The summed E-state index contributed by atoms with van der Waals surface area (Å²) >= 11 is 0. The van der Waals surface area contributed by atoms with Crippen molar-refractivity contribution in [3.05, 3.63) is 34.4 Å². The average molecular weight is 275 g/mol. The van der Waals surface area contributed by atoms with E-state index >= 15 is 0 Å². The Morgan fingerprint density at radius 2 is 2.35 bits per heavy atom. The minimum atomic E-state index is -0.695. The predicted octanol–water partition coefficient (Wildman–Crippen LogP) is 2.26. The highest BCUT2D eigenvalue weighted by Crippen LogP contribution is 2.39. The second kappa shape index (κ2) is 5.88. The molecule has 1 aliphatic rings. The number of benzene rings is 1. The molecule has 1 atom stereocenters. The summed E-state index contributed by atoms with van der Waals surface area (Å²) in [7, 11) is 0. The summed E-state index contributed by atoms with van der Waals surface area (Å²) < 4.78 is 5.62. The lowest BCUT2D eigenvalue weighted by atomic mass is 9.96. The molecule has 0 spiro atoms. The van der Waals surface area contributed by atoms with Crippen LogP contribution >= 0.6 is 0 Å². The van der Waals surface area contributed by atoms with Gasteiger partial charge >= 0.3 is 0 Å². The number of likely N-dealkylation sites (N-methyl/N-ethyl adjacent to an activating group) is 1. The fourth-order valence-corrected chi connectivity index (χ4v) is 2.25. The maximum atomic E-state index is 10.7. The van der Waals surface area contributed by atoms with Crippen molar-refractivity contribution >= 4 is 5.69 Å². The molecule has 0 radical (unpaired) electrons. The topological polar surface area (TPSA) is 88.2 Å². The van der Waals surface area contributed by atoms with Crippen LogP contribution < -0.4 is 10.1 Å². The number of hydrogen-bond donors (Lipinski definition) is 1. The van der Waals surface area contributed by atoms with Gasteiger partial charge in [-0.1, -0.05) is 13.0 Å². The van der Waals surface area contributed by atoms with E-state index < -0.39 is 10.5 Å². The molecule has 1 unspecified atom stereocenters. The molecule has 106 valence electrons. The van der Waals surface area contributed by atoms with Gasteiger partial charge in [-0.25, -0.2) is 0 Å². The zero-order chi connectivity index (χ0) is 14.6. The third-order valence-corrected chi connectivity index (χ3v) is 3.46. The first-order valence-corrected chi connectivity index (χ1v) is 6.65. The first kappa shape index (κ1) is 14.3. The van der Waals surface area contributed by atoms with E-state index in [4.69, 9.17) is 4.74 Å². The summed E-state index contributed by atoms with van der Waals surface area (Å²) in [6.07, 6.45) is 2.03. The number of rotatable bonds is 7. The van der Waals surface area contributed by atoms with Crippen LogP contribution in [-0.4, -0.2) is 23.6 Å². The Bertz CT molecular complexity index is 537. The molecule has 6 heteroatoms. The summed E-state index contributed by atoms with van der Waals surface area (Å²) in [6.45, 7) is 2.83. The Balaban J connectivity index is 2.08. The molecule has 0 heterocycles. The zero-order valence-corrected chi connectivity index (χ0v) is 11.3. The van der Waals surface area contributed by atoms with Gasteiger partial charge in [0.15, 0.2) is 0 Å². The normalized spacial score (nSPS) is 17.0. The monoisotopic (exact) mass is 275 g/mol. The van der Waals surface area contributed by atoms with Crippen LogP contribution in [0.2, 0.25) is 0 Å². The standard InChI is InChI=1S/C14H17N3O3/c1-2-16-14(9-15,11-6-7-11)10-20-13-5-3-4-12(8-13)17(18)19/h3-5,8,11,16H,2,6-7,10H2,1H3. The van der Waals surface area contributed by atoms with Gasteiger partial charge in [0.05, 0.1) is 17.1 Å². The Kier molecular flexibility index (Phi) is 4.20. The van der Waals surface area contributed by atoms with Gasteiger partial charge in [0, 0.05) is 6.07 Å². The molecule has 0 saturated heterocycles. The molecule has 6 nitrogen and oxygen atoms in total. The summed E-state index contributed by atoms with van der Waals surface area (Å²) in [4.78, 5) is 10.3. The van der Waals surface area contributed by atoms with E-state index in [-0.39, 0.29) is 12.3 Å². The van der Waals surface area contributed by atoms with Crippen LogP contribution in [0.5, 0.6) is 5.75 Å². The number of nitrogens with one attached hydrogen (secondary N) is 1. The average Bonchev–Trinajstić information content (AvgIpc) is 3.29. The first-order chi connectivity index (χ1) is 9.61. The van der Waals surface area contributed by atoms with E-state index in [0.717, 1.165) is 12.8 Å². The number of nitrogens with zero attached hydrogens (tertiary/aromatic N) is 2. The Hall–Kier alpha value is -2.13. The Labute approximate surface area is 117 Å². The molecular formula is C14H17N3O3. The lowest BCUT2D eigenvalue weighted by molar-refractivity contribution is -0.384. The van der Waals surface area contributed by atoms with Crippen molar-refractivity contribution in [3.63, 3.8) is 0 Å². The molecule has 2 rings (SSSR count). The van der Waals surface area contributed by atoms with Gasteiger partial charge in [-0.2, -0.15) is 5.26 Å². The number of ether oxygens (including phenoxy) is 1. The number of nitriles is 1. The third-order valence-electron chi connectivity index (χ3n) is 3.46. The summed E-state index contributed by atoms with van der Waals surface area (Å²) in [5.41, 5.74) is -0.709. The van der Waals surface area contributed by atoms with Crippen molar-refractivity contribution in [1.82, 2.24) is 5.32 Å². The maximum absolute atomic E-state index is 10.7. The largest absolute Gasteiger partial charge is 0.490 e. The van der Waals surface area contributed by atoms with Crippen molar-refractivity contribution in [1.29, 1.82) is 5.26 Å². The molecule has 1 N–H and O–H groups in total. The van der Waals surface area contributed by atoms with E-state index in [1.54, 1.807) is 12.1 Å².